The van der Waals surface area contributed by atoms with Gasteiger partial charge in [-0.3, -0.25) is 0 Å². The fraction of sp³-hybridized carbons (Fsp3) is 0.435. The molecule has 0 spiro atoms. The second-order valence-electron chi connectivity index (χ2n) is 8.57. The number of nitrogens with one attached hydrogen (secondary N) is 1. The molecule has 7 heteroatoms. The lowest BCUT2D eigenvalue weighted by molar-refractivity contribution is 0.0227. The fourth-order valence-electron chi connectivity index (χ4n) is 3.79. The summed E-state index contributed by atoms with van der Waals surface area (Å²) in [6.07, 6.45) is 3.09. The maximum Gasteiger partial charge on any atom is 0.410 e. The number of hydrogen-bond acceptors (Lipinski definition) is 6. The van der Waals surface area contributed by atoms with Crippen molar-refractivity contribution in [2.45, 2.75) is 58.7 Å². The van der Waals surface area contributed by atoms with Gasteiger partial charge in [0.25, 0.3) is 0 Å². The molecule has 1 amide bonds. The molecular weight excluding hydrogens is 396 g/mol. The molecule has 1 atom stereocenters. The third-order valence-electron chi connectivity index (χ3n) is 5.21. The van der Waals surface area contributed by atoms with E-state index in [1.807, 2.05) is 26.8 Å². The molecule has 6 nitrogen and oxygen atoms in total. The Morgan fingerprint density at radius 1 is 1.27 bits per heavy atom. The van der Waals surface area contributed by atoms with Gasteiger partial charge in [0.15, 0.2) is 0 Å². The second kappa shape index (κ2) is 8.22. The van der Waals surface area contributed by atoms with Crippen LogP contribution in [0.4, 0.5) is 10.6 Å². The van der Waals surface area contributed by atoms with Crippen molar-refractivity contribution in [2.24, 2.45) is 0 Å². The molecule has 2 aromatic heterocycles. The molecule has 0 bridgehead atoms. The van der Waals surface area contributed by atoms with Crippen molar-refractivity contribution in [1.82, 2.24) is 14.9 Å². The molecule has 0 saturated heterocycles. The van der Waals surface area contributed by atoms with Crippen molar-refractivity contribution in [1.29, 1.82) is 0 Å². The van der Waals surface area contributed by atoms with E-state index in [1.165, 1.54) is 16.0 Å². The van der Waals surface area contributed by atoms with Gasteiger partial charge in [-0.15, -0.1) is 11.3 Å². The molecule has 0 radical (unpaired) electrons. The number of benzene rings is 1. The molecule has 3 heterocycles. The SMILES string of the molecule is CCC(Nc1ncnc2sc3c(c12)CCN(C(=O)OC(C)(C)C)C3)c1ccccc1. The smallest absolute Gasteiger partial charge is 0.410 e. The summed E-state index contributed by atoms with van der Waals surface area (Å²) in [4.78, 5) is 25.5. The van der Waals surface area contributed by atoms with Crippen LogP contribution in [0.5, 0.6) is 0 Å². The minimum atomic E-state index is -0.493. The first kappa shape index (κ1) is 20.6. The lowest BCUT2D eigenvalue weighted by Crippen LogP contribution is -2.39. The van der Waals surface area contributed by atoms with Crippen LogP contribution in [0.25, 0.3) is 10.2 Å². The summed E-state index contributed by atoms with van der Waals surface area (Å²) in [6.45, 7) is 9.04. The molecule has 30 heavy (non-hydrogen) atoms. The van der Waals surface area contributed by atoms with Crippen molar-refractivity contribution < 1.29 is 9.53 Å². The molecule has 1 aliphatic rings. The van der Waals surface area contributed by atoms with Crippen LogP contribution in [-0.4, -0.2) is 33.1 Å². The predicted molar refractivity (Wildman–Crippen MR) is 121 cm³/mol. The summed E-state index contributed by atoms with van der Waals surface area (Å²) in [5, 5.41) is 4.73. The molecule has 1 aliphatic heterocycles. The van der Waals surface area contributed by atoms with E-state index in [2.05, 4.69) is 46.5 Å². The lowest BCUT2D eigenvalue weighted by atomic mass is 10.0. The van der Waals surface area contributed by atoms with E-state index in [0.29, 0.717) is 13.1 Å². The normalized spacial score (nSPS) is 15.0. The Morgan fingerprint density at radius 3 is 2.73 bits per heavy atom. The van der Waals surface area contributed by atoms with Crippen molar-refractivity contribution in [2.75, 3.05) is 11.9 Å². The van der Waals surface area contributed by atoms with Gasteiger partial charge >= 0.3 is 6.09 Å². The monoisotopic (exact) mass is 424 g/mol. The van der Waals surface area contributed by atoms with Gasteiger partial charge in [-0.2, -0.15) is 0 Å². The minimum Gasteiger partial charge on any atom is -0.444 e. The van der Waals surface area contributed by atoms with Crippen molar-refractivity contribution in [3.8, 4) is 0 Å². The standard InChI is InChI=1S/C23H28N4O2S/c1-5-17(15-9-7-6-8-10-15)26-20-19-16-11-12-27(22(28)29-23(2,3)4)13-18(16)30-21(19)25-14-24-20/h6-10,14,17H,5,11-13H2,1-4H3,(H,24,25,26). The zero-order valence-electron chi connectivity index (χ0n) is 17.9. The Hall–Kier alpha value is -2.67. The third kappa shape index (κ3) is 4.26. The van der Waals surface area contributed by atoms with Gasteiger partial charge in [0.05, 0.1) is 18.0 Å². The average Bonchev–Trinajstić information content (AvgIpc) is 3.10. The third-order valence-corrected chi connectivity index (χ3v) is 6.33. The zero-order chi connectivity index (χ0) is 21.3. The molecule has 0 fully saturated rings. The van der Waals surface area contributed by atoms with Crippen LogP contribution < -0.4 is 5.32 Å². The topological polar surface area (TPSA) is 67.4 Å². The summed E-state index contributed by atoms with van der Waals surface area (Å²) in [5.41, 5.74) is 2.00. The average molecular weight is 425 g/mol. The maximum atomic E-state index is 12.5. The number of ether oxygens (including phenoxy) is 1. The highest BCUT2D eigenvalue weighted by atomic mass is 32.1. The van der Waals surface area contributed by atoms with E-state index < -0.39 is 5.60 Å². The van der Waals surface area contributed by atoms with Crippen LogP contribution in [0.3, 0.4) is 0 Å². The van der Waals surface area contributed by atoms with Crippen LogP contribution in [0.15, 0.2) is 36.7 Å². The molecule has 3 aromatic rings. The molecule has 1 unspecified atom stereocenters. The van der Waals surface area contributed by atoms with Crippen LogP contribution in [0, 0.1) is 0 Å². The van der Waals surface area contributed by atoms with Gasteiger partial charge in [-0.05, 0) is 44.7 Å². The number of carbonyl (C=O) groups is 1. The first-order chi connectivity index (χ1) is 14.4. The van der Waals surface area contributed by atoms with Crippen LogP contribution >= 0.6 is 11.3 Å². The summed E-state index contributed by atoms with van der Waals surface area (Å²) >= 11 is 1.64. The van der Waals surface area contributed by atoms with E-state index in [9.17, 15) is 4.79 Å². The molecule has 4 rings (SSSR count). The quantitative estimate of drug-likeness (QED) is 0.595. The number of anilines is 1. The molecular formula is C23H28N4O2S. The molecule has 0 saturated carbocycles. The number of fused-ring (bicyclic) bond motifs is 3. The highest BCUT2D eigenvalue weighted by Crippen LogP contribution is 2.38. The highest BCUT2D eigenvalue weighted by Gasteiger charge is 2.29. The van der Waals surface area contributed by atoms with Crippen molar-refractivity contribution in [3.05, 3.63) is 52.7 Å². The summed E-state index contributed by atoms with van der Waals surface area (Å²) < 4.78 is 5.56. The Morgan fingerprint density at radius 2 is 2.03 bits per heavy atom. The van der Waals surface area contributed by atoms with Gasteiger partial charge in [0, 0.05) is 11.4 Å². The van der Waals surface area contributed by atoms with E-state index in [4.69, 9.17) is 4.74 Å². The Bertz CT molecular complexity index is 1040. The largest absolute Gasteiger partial charge is 0.444 e. The summed E-state index contributed by atoms with van der Waals surface area (Å²) in [7, 11) is 0. The Labute approximate surface area is 181 Å². The number of aromatic nitrogens is 2. The van der Waals surface area contributed by atoms with E-state index in [-0.39, 0.29) is 12.1 Å². The van der Waals surface area contributed by atoms with Crippen LogP contribution in [0.2, 0.25) is 0 Å². The Balaban J connectivity index is 1.62. The van der Waals surface area contributed by atoms with Crippen molar-refractivity contribution >= 4 is 33.5 Å². The molecule has 1 aromatic carbocycles. The first-order valence-corrected chi connectivity index (χ1v) is 11.2. The fourth-order valence-corrected chi connectivity index (χ4v) is 4.99. The molecule has 1 N–H and O–H groups in total. The number of hydrogen-bond donors (Lipinski definition) is 1. The number of amides is 1. The Kier molecular flexibility index (Phi) is 5.64. The highest BCUT2D eigenvalue weighted by molar-refractivity contribution is 7.19. The van der Waals surface area contributed by atoms with Crippen molar-refractivity contribution in [3.63, 3.8) is 0 Å². The van der Waals surface area contributed by atoms with Gasteiger partial charge in [0.2, 0.25) is 0 Å². The van der Waals surface area contributed by atoms with Gasteiger partial charge < -0.3 is 15.0 Å². The van der Waals surface area contributed by atoms with Crippen LogP contribution in [0.1, 0.15) is 56.2 Å². The number of nitrogens with zero attached hydrogens (tertiary/aromatic N) is 3. The predicted octanol–water partition coefficient (Wildman–Crippen LogP) is 5.55. The molecule has 0 aliphatic carbocycles. The van der Waals surface area contributed by atoms with Gasteiger partial charge in [-0.1, -0.05) is 37.3 Å². The van der Waals surface area contributed by atoms with E-state index in [1.54, 1.807) is 22.6 Å². The van der Waals surface area contributed by atoms with Gasteiger partial charge in [-0.25, -0.2) is 14.8 Å². The summed E-state index contributed by atoms with van der Waals surface area (Å²) in [6, 6.07) is 10.6. The van der Waals surface area contributed by atoms with Gasteiger partial charge in [0.1, 0.15) is 22.6 Å². The van der Waals surface area contributed by atoms with E-state index >= 15 is 0 Å². The first-order valence-electron chi connectivity index (χ1n) is 10.4. The number of thiophene rings is 1. The molecule has 158 valence electrons. The maximum absolute atomic E-state index is 12.5. The number of rotatable bonds is 4. The minimum absolute atomic E-state index is 0.182. The summed E-state index contributed by atoms with van der Waals surface area (Å²) in [5.74, 6) is 0.874. The van der Waals surface area contributed by atoms with Crippen LogP contribution in [-0.2, 0) is 17.7 Å². The lowest BCUT2D eigenvalue weighted by Gasteiger charge is -2.30. The van der Waals surface area contributed by atoms with E-state index in [0.717, 1.165) is 28.9 Å². The zero-order valence-corrected chi connectivity index (χ0v) is 18.8. The second-order valence-corrected chi connectivity index (χ2v) is 9.66. The number of carbonyl (C=O) groups excluding carboxylic acids is 1.